The predicted molar refractivity (Wildman–Crippen MR) is 106 cm³/mol. The van der Waals surface area contributed by atoms with Crippen molar-refractivity contribution in [3.05, 3.63) is 53.9 Å². The molecule has 1 atom stereocenters. The zero-order valence-corrected chi connectivity index (χ0v) is 15.9. The second kappa shape index (κ2) is 8.16. The summed E-state index contributed by atoms with van der Waals surface area (Å²) < 4.78 is 40.8. The van der Waals surface area contributed by atoms with E-state index in [4.69, 9.17) is 5.26 Å². The number of anilines is 1. The van der Waals surface area contributed by atoms with Gasteiger partial charge in [-0.1, -0.05) is 12.1 Å². The number of piperidine rings is 1. The number of rotatable bonds is 4. The Balaban J connectivity index is 1.68. The molecule has 2 aromatic heterocycles. The molecule has 3 heterocycles. The number of nitriles is 1. The van der Waals surface area contributed by atoms with Gasteiger partial charge in [-0.15, -0.1) is 0 Å². The van der Waals surface area contributed by atoms with Crippen molar-refractivity contribution in [3.63, 3.8) is 0 Å². The molecule has 3 aromatic rings. The van der Waals surface area contributed by atoms with Crippen LogP contribution in [0.5, 0.6) is 0 Å². The molecule has 0 bridgehead atoms. The summed E-state index contributed by atoms with van der Waals surface area (Å²) in [7, 11) is 0. The molecule has 1 saturated heterocycles. The van der Waals surface area contributed by atoms with Gasteiger partial charge >= 0.3 is 6.18 Å². The molecule has 6 nitrogen and oxygen atoms in total. The van der Waals surface area contributed by atoms with E-state index in [9.17, 15) is 13.2 Å². The highest BCUT2D eigenvalue weighted by Crippen LogP contribution is 2.37. The summed E-state index contributed by atoms with van der Waals surface area (Å²) in [6.07, 6.45) is -0.366. The summed E-state index contributed by atoms with van der Waals surface area (Å²) in [6, 6.07) is 10.5. The molecule has 1 unspecified atom stereocenters. The van der Waals surface area contributed by atoms with Crippen LogP contribution >= 0.6 is 0 Å². The maximum absolute atomic E-state index is 13.6. The summed E-state index contributed by atoms with van der Waals surface area (Å²) in [5.41, 5.74) is 1.14. The Morgan fingerprint density at radius 3 is 2.63 bits per heavy atom. The molecule has 154 valence electrons. The number of hydrogen-bond acceptors (Lipinski definition) is 5. The molecular formula is C21H19F3N6. The fourth-order valence-corrected chi connectivity index (χ4v) is 3.46. The third-order valence-electron chi connectivity index (χ3n) is 5.01. The van der Waals surface area contributed by atoms with E-state index >= 15 is 0 Å². The van der Waals surface area contributed by atoms with Crippen LogP contribution in [-0.4, -0.2) is 34.1 Å². The summed E-state index contributed by atoms with van der Waals surface area (Å²) >= 11 is 0. The first-order chi connectivity index (χ1) is 14.4. The van der Waals surface area contributed by atoms with E-state index in [1.807, 2.05) is 6.07 Å². The Morgan fingerprint density at radius 1 is 1.17 bits per heavy atom. The van der Waals surface area contributed by atoms with Gasteiger partial charge in [0.2, 0.25) is 5.95 Å². The highest BCUT2D eigenvalue weighted by molar-refractivity contribution is 5.72. The lowest BCUT2D eigenvalue weighted by molar-refractivity contribution is -0.137. The third-order valence-corrected chi connectivity index (χ3v) is 5.01. The van der Waals surface area contributed by atoms with E-state index < -0.39 is 11.7 Å². The molecule has 0 spiro atoms. The molecule has 0 radical (unpaired) electrons. The van der Waals surface area contributed by atoms with Gasteiger partial charge in [0.25, 0.3) is 0 Å². The number of aromatic nitrogens is 3. The highest BCUT2D eigenvalue weighted by Gasteiger charge is 2.36. The lowest BCUT2D eigenvalue weighted by Gasteiger charge is -2.24. The van der Waals surface area contributed by atoms with Gasteiger partial charge < -0.3 is 15.6 Å². The molecule has 4 rings (SSSR count). The quantitative estimate of drug-likeness (QED) is 0.598. The molecule has 30 heavy (non-hydrogen) atoms. The molecule has 3 N–H and O–H groups in total. The molecule has 1 aromatic carbocycles. The molecule has 9 heteroatoms. The molecule has 0 saturated carbocycles. The van der Waals surface area contributed by atoms with Crippen molar-refractivity contribution < 1.29 is 13.2 Å². The number of hydrogen-bond donors (Lipinski definition) is 3. The molecule has 0 amide bonds. The Hall–Kier alpha value is -3.38. The Labute approximate surface area is 171 Å². The number of H-pyrrole nitrogens is 1. The van der Waals surface area contributed by atoms with Gasteiger partial charge in [0, 0.05) is 36.2 Å². The Bertz CT molecular complexity index is 1060. The average Bonchev–Trinajstić information content (AvgIpc) is 3.24. The lowest BCUT2D eigenvalue weighted by Crippen LogP contribution is -2.38. The maximum Gasteiger partial charge on any atom is 0.419 e. The van der Waals surface area contributed by atoms with Gasteiger partial charge in [-0.3, -0.25) is 0 Å². The summed E-state index contributed by atoms with van der Waals surface area (Å²) in [5.74, 6) is 0.174. The standard InChI is InChI=1S/C21H19F3N6/c22-21(23,24)17-12-28-20(29-16-2-1-7-26-11-16)30-19(17)15-8-18(27-10-15)14-5-3-13(9-25)4-6-14/h3-6,8,10,12,16,26-27H,1-2,7,11H2,(H,28,29,30). The molecule has 1 aliphatic heterocycles. The second-order valence-corrected chi connectivity index (χ2v) is 7.13. The number of benzene rings is 1. The summed E-state index contributed by atoms with van der Waals surface area (Å²) in [6.45, 7) is 1.64. The fourth-order valence-electron chi connectivity index (χ4n) is 3.46. The number of nitrogens with zero attached hydrogens (tertiary/aromatic N) is 3. The van der Waals surface area contributed by atoms with Gasteiger partial charge in [-0.05, 0) is 43.1 Å². The van der Waals surface area contributed by atoms with Crippen LogP contribution in [0, 0.1) is 11.3 Å². The van der Waals surface area contributed by atoms with Crippen LogP contribution in [0.25, 0.3) is 22.5 Å². The lowest BCUT2D eigenvalue weighted by atomic mass is 10.1. The van der Waals surface area contributed by atoms with Crippen molar-refractivity contribution in [3.8, 4) is 28.6 Å². The maximum atomic E-state index is 13.6. The van der Waals surface area contributed by atoms with Crippen LogP contribution in [0.4, 0.5) is 19.1 Å². The summed E-state index contributed by atoms with van der Waals surface area (Å²) in [4.78, 5) is 11.1. The minimum atomic E-state index is -4.58. The van der Waals surface area contributed by atoms with Crippen LogP contribution < -0.4 is 10.6 Å². The van der Waals surface area contributed by atoms with E-state index in [1.54, 1.807) is 30.3 Å². The number of aromatic amines is 1. The normalized spacial score (nSPS) is 16.8. The summed E-state index contributed by atoms with van der Waals surface area (Å²) in [5, 5.41) is 15.3. The minimum absolute atomic E-state index is 0.0729. The van der Waals surface area contributed by atoms with Gasteiger partial charge in [0.15, 0.2) is 0 Å². The van der Waals surface area contributed by atoms with Crippen molar-refractivity contribution in [2.45, 2.75) is 25.1 Å². The monoisotopic (exact) mass is 412 g/mol. The SMILES string of the molecule is N#Cc1ccc(-c2cc(-c3nc(NC4CCCNC4)ncc3C(F)(F)F)c[nH]2)cc1. The fraction of sp³-hybridized carbons (Fsp3) is 0.286. The van der Waals surface area contributed by atoms with Crippen molar-refractivity contribution in [2.24, 2.45) is 0 Å². The molecule has 1 fully saturated rings. The van der Waals surface area contributed by atoms with Gasteiger partial charge in [-0.25, -0.2) is 9.97 Å². The number of alkyl halides is 3. The van der Waals surface area contributed by atoms with E-state index in [0.29, 0.717) is 23.4 Å². The second-order valence-electron chi connectivity index (χ2n) is 7.13. The van der Waals surface area contributed by atoms with E-state index in [-0.39, 0.29) is 17.7 Å². The molecule has 1 aliphatic rings. The third kappa shape index (κ3) is 4.28. The smallest absolute Gasteiger partial charge is 0.361 e. The van der Waals surface area contributed by atoms with Crippen molar-refractivity contribution >= 4 is 5.95 Å². The first kappa shape index (κ1) is 19.9. The topological polar surface area (TPSA) is 89.4 Å². The van der Waals surface area contributed by atoms with Crippen LogP contribution in [-0.2, 0) is 6.18 Å². The molecule has 0 aliphatic carbocycles. The van der Waals surface area contributed by atoms with Crippen LogP contribution in [0.1, 0.15) is 24.0 Å². The van der Waals surface area contributed by atoms with E-state index in [1.165, 1.54) is 6.20 Å². The highest BCUT2D eigenvalue weighted by atomic mass is 19.4. The van der Waals surface area contributed by atoms with Crippen molar-refractivity contribution in [2.75, 3.05) is 18.4 Å². The molecular weight excluding hydrogens is 393 g/mol. The van der Waals surface area contributed by atoms with Gasteiger partial charge in [0.05, 0.1) is 17.3 Å². The minimum Gasteiger partial charge on any atom is -0.361 e. The average molecular weight is 412 g/mol. The van der Waals surface area contributed by atoms with E-state index in [0.717, 1.165) is 31.1 Å². The Morgan fingerprint density at radius 2 is 1.97 bits per heavy atom. The zero-order chi connectivity index (χ0) is 21.1. The van der Waals surface area contributed by atoms with E-state index in [2.05, 4.69) is 25.6 Å². The number of halogens is 3. The van der Waals surface area contributed by atoms with Crippen LogP contribution in [0.2, 0.25) is 0 Å². The van der Waals surface area contributed by atoms with Gasteiger partial charge in [-0.2, -0.15) is 18.4 Å². The van der Waals surface area contributed by atoms with Crippen molar-refractivity contribution in [1.29, 1.82) is 5.26 Å². The Kier molecular flexibility index (Phi) is 5.42. The number of nitrogens with one attached hydrogen (secondary N) is 3. The zero-order valence-electron chi connectivity index (χ0n) is 15.9. The van der Waals surface area contributed by atoms with Crippen LogP contribution in [0.3, 0.4) is 0 Å². The van der Waals surface area contributed by atoms with Crippen LogP contribution in [0.15, 0.2) is 42.7 Å². The largest absolute Gasteiger partial charge is 0.419 e. The van der Waals surface area contributed by atoms with Crippen molar-refractivity contribution in [1.82, 2.24) is 20.3 Å². The first-order valence-electron chi connectivity index (χ1n) is 9.55. The first-order valence-corrected chi connectivity index (χ1v) is 9.55. The van der Waals surface area contributed by atoms with Gasteiger partial charge in [0.1, 0.15) is 5.56 Å². The predicted octanol–water partition coefficient (Wildman–Crippen LogP) is 4.19.